The molecule has 0 saturated heterocycles. The van der Waals surface area contributed by atoms with Gasteiger partial charge in [-0.25, -0.2) is 0 Å². The minimum Gasteiger partial charge on any atom is -0.414 e. The van der Waals surface area contributed by atoms with Gasteiger partial charge in [0.15, 0.2) is 25.0 Å². The fourth-order valence-electron chi connectivity index (χ4n) is 9.19. The van der Waals surface area contributed by atoms with Crippen molar-refractivity contribution in [3.8, 4) is 11.8 Å². The second-order valence-corrected chi connectivity index (χ2v) is 35.6. The lowest BCUT2D eigenvalue weighted by Crippen LogP contribution is -2.48. The number of allylic oxidation sites excluding steroid dienone is 3. The quantitative estimate of drug-likeness (QED) is 0.185. The molecule has 4 rings (SSSR count). The number of fused-ring (bicyclic) bond motifs is 1. The normalized spacial score (nSPS) is 27.9. The van der Waals surface area contributed by atoms with Gasteiger partial charge in [0.25, 0.3) is 0 Å². The van der Waals surface area contributed by atoms with Gasteiger partial charge in [0.2, 0.25) is 0 Å². The molecule has 0 aliphatic heterocycles. The van der Waals surface area contributed by atoms with Crippen molar-refractivity contribution in [1.29, 1.82) is 0 Å². The fraction of sp³-hybridized carbons (Fsp3) is 0.739. The Morgan fingerprint density at radius 2 is 1.37 bits per heavy atom. The molecule has 6 heteroatoms. The molecule has 0 bridgehead atoms. The first kappa shape index (κ1) is 43.5. The molecule has 3 saturated carbocycles. The van der Waals surface area contributed by atoms with E-state index in [4.69, 9.17) is 13.3 Å². The van der Waals surface area contributed by atoms with Crippen LogP contribution in [0.4, 0.5) is 0 Å². The molecule has 0 heterocycles. The molecule has 3 fully saturated rings. The molecule has 0 N–H and O–H groups in total. The second kappa shape index (κ2) is 15.7. The average molecular weight is 763 g/mol. The van der Waals surface area contributed by atoms with E-state index in [0.29, 0.717) is 23.2 Å². The molecule has 6 atom stereocenters. The van der Waals surface area contributed by atoms with Crippen LogP contribution in [-0.2, 0) is 18.9 Å². The minimum absolute atomic E-state index is 0.196. The highest BCUT2D eigenvalue weighted by Gasteiger charge is 2.51. The van der Waals surface area contributed by atoms with Gasteiger partial charge in [-0.2, -0.15) is 0 Å². The van der Waals surface area contributed by atoms with E-state index in [1.807, 2.05) is 0 Å². The molecule has 0 aromatic heterocycles. The summed E-state index contributed by atoms with van der Waals surface area (Å²) in [6.45, 7) is 40.0. The Bertz CT molecular complexity index is 1480. The smallest absolute Gasteiger partial charge is 0.192 e. The number of hydrogen-bond donors (Lipinski definition) is 0. The second-order valence-electron chi connectivity index (χ2n) is 21.6. The first-order valence-corrected chi connectivity index (χ1v) is 29.9. The molecule has 3 aliphatic rings. The molecular weight excluding hydrogens is 685 g/mol. The molecule has 1 aromatic rings. The molecule has 0 radical (unpaired) electrons. The number of hydrogen-bond acceptors (Lipinski definition) is 3. The zero-order valence-corrected chi connectivity index (χ0v) is 39.7. The molecule has 52 heavy (non-hydrogen) atoms. The van der Waals surface area contributed by atoms with Crippen molar-refractivity contribution in [3.63, 3.8) is 0 Å². The Morgan fingerprint density at radius 3 is 1.90 bits per heavy atom. The van der Waals surface area contributed by atoms with E-state index < -0.39 is 25.0 Å². The van der Waals surface area contributed by atoms with Crippen molar-refractivity contribution in [3.05, 3.63) is 58.7 Å². The van der Waals surface area contributed by atoms with E-state index in [2.05, 4.69) is 163 Å². The third kappa shape index (κ3) is 10.3. The summed E-state index contributed by atoms with van der Waals surface area (Å²) in [5.74, 6) is 9.07. The lowest BCUT2D eigenvalue weighted by atomic mass is 9.61. The van der Waals surface area contributed by atoms with Crippen LogP contribution in [0.5, 0.6) is 0 Å². The van der Waals surface area contributed by atoms with Crippen molar-refractivity contribution in [2.45, 2.75) is 194 Å². The Morgan fingerprint density at radius 1 is 0.808 bits per heavy atom. The average Bonchev–Trinajstić information content (AvgIpc) is 3.33. The maximum atomic E-state index is 7.12. The Balaban J connectivity index is 1.57. The summed E-state index contributed by atoms with van der Waals surface area (Å²) >= 11 is 0. The van der Waals surface area contributed by atoms with Gasteiger partial charge in [0.05, 0.1) is 17.8 Å². The predicted molar refractivity (Wildman–Crippen MR) is 232 cm³/mol. The summed E-state index contributed by atoms with van der Waals surface area (Å²) in [5, 5.41) is 0.391. The van der Waals surface area contributed by atoms with Crippen molar-refractivity contribution in [2.24, 2.45) is 23.2 Å². The highest BCUT2D eigenvalue weighted by Crippen LogP contribution is 2.59. The fourth-order valence-corrected chi connectivity index (χ4v) is 13.6. The SMILES string of the molecule is C[C@@H](C#Cc1ccccc1C(C)(C)O[Si](C)(C)C)[C@H]1CC[C@H]2/C(=C/C=C3C[C@@H](O[Si](C)(C)C(C)(C)C)C[C@H](O[Si](C)(C)C(C)(C)C)C3)CCC[C@]12C. The van der Waals surface area contributed by atoms with Crippen molar-refractivity contribution >= 4 is 25.0 Å². The van der Waals surface area contributed by atoms with Gasteiger partial charge in [-0.05, 0) is 150 Å². The van der Waals surface area contributed by atoms with Crippen LogP contribution in [0, 0.1) is 35.0 Å². The summed E-state index contributed by atoms with van der Waals surface area (Å²) in [5.41, 5.74) is 5.46. The maximum Gasteiger partial charge on any atom is 0.192 e. The topological polar surface area (TPSA) is 27.7 Å². The lowest BCUT2D eigenvalue weighted by Gasteiger charge is -2.45. The molecule has 3 nitrogen and oxygen atoms in total. The summed E-state index contributed by atoms with van der Waals surface area (Å²) in [7, 11) is -5.53. The molecule has 1 aromatic carbocycles. The van der Waals surface area contributed by atoms with Gasteiger partial charge in [0, 0.05) is 11.5 Å². The van der Waals surface area contributed by atoms with Crippen LogP contribution < -0.4 is 0 Å². The summed E-state index contributed by atoms with van der Waals surface area (Å²) in [4.78, 5) is 0. The Kier molecular flexibility index (Phi) is 13.2. The minimum atomic E-state index is -1.90. The molecule has 0 amide bonds. The largest absolute Gasteiger partial charge is 0.414 e. The van der Waals surface area contributed by atoms with Crippen LogP contribution in [0.2, 0.25) is 55.9 Å². The van der Waals surface area contributed by atoms with E-state index in [-0.39, 0.29) is 27.9 Å². The van der Waals surface area contributed by atoms with Crippen molar-refractivity contribution in [1.82, 2.24) is 0 Å². The maximum absolute atomic E-state index is 7.12. The van der Waals surface area contributed by atoms with Crippen LogP contribution in [0.15, 0.2) is 47.6 Å². The van der Waals surface area contributed by atoms with Gasteiger partial charge in [-0.1, -0.05) is 109 Å². The van der Waals surface area contributed by atoms with E-state index in [0.717, 1.165) is 24.8 Å². The molecule has 0 unspecified atom stereocenters. The summed E-state index contributed by atoms with van der Waals surface area (Å²) < 4.78 is 20.9. The third-order valence-corrected chi connectivity index (χ3v) is 24.0. The van der Waals surface area contributed by atoms with Crippen LogP contribution in [0.1, 0.15) is 132 Å². The van der Waals surface area contributed by atoms with Crippen molar-refractivity contribution in [2.75, 3.05) is 0 Å². The van der Waals surface area contributed by atoms with Gasteiger partial charge in [-0.3, -0.25) is 0 Å². The first-order chi connectivity index (χ1) is 23.7. The van der Waals surface area contributed by atoms with Crippen LogP contribution >= 0.6 is 0 Å². The van der Waals surface area contributed by atoms with Crippen molar-refractivity contribution < 1.29 is 13.3 Å². The predicted octanol–water partition coefficient (Wildman–Crippen LogP) is 13.8. The Labute approximate surface area is 324 Å². The standard InChI is InChI=1S/C46H78O3Si3/c1-34(24-26-36-21-18-19-23-41(36)45(8,9)49-50(11,12)13)40-28-29-42-37(22-20-30-46(40,42)10)27-25-35-31-38(47-51(14,15)43(2,3)4)33-39(32-35)48-52(16,17)44(5,6)7/h18-19,21,23,25,27,34,38-40,42H,20,22,28-33H2,1-17H3/b37-27+/t34-,38+,39+,40+,42-,46+/m0/s1. The van der Waals surface area contributed by atoms with E-state index in [1.165, 1.54) is 43.2 Å². The first-order valence-electron chi connectivity index (χ1n) is 20.7. The zero-order valence-electron chi connectivity index (χ0n) is 36.7. The molecular formula is C46H78O3Si3. The lowest BCUT2D eigenvalue weighted by molar-refractivity contribution is 0.0725. The van der Waals surface area contributed by atoms with E-state index in [9.17, 15) is 0 Å². The van der Waals surface area contributed by atoms with Crippen LogP contribution in [-0.4, -0.2) is 37.2 Å². The van der Waals surface area contributed by atoms with Gasteiger partial charge in [0.1, 0.15) is 0 Å². The van der Waals surface area contributed by atoms with E-state index in [1.54, 1.807) is 5.57 Å². The highest BCUT2D eigenvalue weighted by atomic mass is 28.4. The zero-order chi connectivity index (χ0) is 39.1. The number of benzene rings is 1. The van der Waals surface area contributed by atoms with Crippen LogP contribution in [0.25, 0.3) is 0 Å². The Hall–Kier alpha value is -1.21. The van der Waals surface area contributed by atoms with Gasteiger partial charge < -0.3 is 13.3 Å². The van der Waals surface area contributed by atoms with Gasteiger partial charge in [-0.15, -0.1) is 0 Å². The highest BCUT2D eigenvalue weighted by molar-refractivity contribution is 6.74. The molecule has 292 valence electrons. The molecule has 0 spiro atoms. The summed E-state index contributed by atoms with van der Waals surface area (Å²) in [6.07, 6.45) is 15.0. The third-order valence-electron chi connectivity index (χ3n) is 13.8. The monoisotopic (exact) mass is 763 g/mol. The molecule has 3 aliphatic carbocycles. The van der Waals surface area contributed by atoms with Crippen LogP contribution in [0.3, 0.4) is 0 Å². The van der Waals surface area contributed by atoms with E-state index >= 15 is 0 Å². The summed E-state index contributed by atoms with van der Waals surface area (Å²) in [6, 6.07) is 8.65. The van der Waals surface area contributed by atoms with Gasteiger partial charge >= 0.3 is 0 Å². The number of rotatable bonds is 9.